The van der Waals surface area contributed by atoms with Crippen LogP contribution in [0.25, 0.3) is 11.0 Å². The Balaban J connectivity index is 1.54. The third-order valence-electron chi connectivity index (χ3n) is 6.72. The minimum Gasteiger partial charge on any atom is -0.465 e. The molecule has 1 aromatic carbocycles. The predicted octanol–water partition coefficient (Wildman–Crippen LogP) is 5.71. The lowest BCUT2D eigenvalue weighted by Gasteiger charge is -2.40. The highest BCUT2D eigenvalue weighted by Crippen LogP contribution is 2.42. The van der Waals surface area contributed by atoms with Crippen molar-refractivity contribution < 1.29 is 18.8 Å². The van der Waals surface area contributed by atoms with Gasteiger partial charge in [0.2, 0.25) is 5.82 Å². The molecule has 2 atom stereocenters. The van der Waals surface area contributed by atoms with Gasteiger partial charge in [-0.25, -0.2) is 14.7 Å². The molecular formula is C25H30FN5O3. The van der Waals surface area contributed by atoms with Gasteiger partial charge in [0.25, 0.3) is 5.88 Å². The van der Waals surface area contributed by atoms with Gasteiger partial charge in [0.1, 0.15) is 5.69 Å². The van der Waals surface area contributed by atoms with Gasteiger partial charge in [-0.3, -0.25) is 0 Å². The molecule has 1 saturated carbocycles. The fourth-order valence-corrected chi connectivity index (χ4v) is 5.08. The summed E-state index contributed by atoms with van der Waals surface area (Å²) in [6.07, 6.45) is 4.08. The lowest BCUT2D eigenvalue weighted by Crippen LogP contribution is -2.42. The first-order chi connectivity index (χ1) is 16.0. The minimum absolute atomic E-state index is 0.115. The zero-order chi connectivity index (χ0) is 24.7. The highest BCUT2D eigenvalue weighted by molar-refractivity contribution is 5.84. The third-order valence-corrected chi connectivity index (χ3v) is 6.72. The Kier molecular flexibility index (Phi) is 6.11. The number of imidazole rings is 1. The summed E-state index contributed by atoms with van der Waals surface area (Å²) in [6, 6.07) is 7.61. The Morgan fingerprint density at radius 1 is 1.44 bits per heavy atom. The van der Waals surface area contributed by atoms with Crippen molar-refractivity contribution in [3.63, 3.8) is 0 Å². The van der Waals surface area contributed by atoms with Crippen LogP contribution >= 0.6 is 0 Å². The van der Waals surface area contributed by atoms with E-state index in [2.05, 4.69) is 20.8 Å². The molecule has 34 heavy (non-hydrogen) atoms. The average molecular weight is 468 g/mol. The van der Waals surface area contributed by atoms with E-state index in [9.17, 15) is 15.2 Å². The SMILES string of the molecule is CC1(CN(C(=O)O)c2onc(C(C)(C)C)c2F)CCCC(Cn2cnc3ccc(C#N)cc32)C1. The molecule has 1 aliphatic rings. The quantitative estimate of drug-likeness (QED) is 0.515. The van der Waals surface area contributed by atoms with Crippen LogP contribution in [-0.4, -0.2) is 32.5 Å². The second kappa shape index (κ2) is 8.75. The highest BCUT2D eigenvalue weighted by Gasteiger charge is 2.39. The van der Waals surface area contributed by atoms with Gasteiger partial charge in [-0.1, -0.05) is 39.3 Å². The van der Waals surface area contributed by atoms with Crippen LogP contribution in [0.3, 0.4) is 0 Å². The number of hydrogen-bond donors (Lipinski definition) is 1. The van der Waals surface area contributed by atoms with Crippen molar-refractivity contribution in [1.29, 1.82) is 5.26 Å². The highest BCUT2D eigenvalue weighted by atomic mass is 19.1. The molecule has 4 rings (SSSR count). The number of carboxylic acid groups (broad SMARTS) is 1. The van der Waals surface area contributed by atoms with Crippen LogP contribution in [-0.2, 0) is 12.0 Å². The molecule has 1 N–H and O–H groups in total. The van der Waals surface area contributed by atoms with Gasteiger partial charge in [-0.05, 0) is 48.8 Å². The van der Waals surface area contributed by atoms with Gasteiger partial charge in [-0.2, -0.15) is 9.65 Å². The zero-order valence-corrected chi connectivity index (χ0v) is 20.0. The topological polar surface area (TPSA) is 108 Å². The van der Waals surface area contributed by atoms with Crippen molar-refractivity contribution >= 4 is 23.0 Å². The molecule has 1 aliphatic carbocycles. The minimum atomic E-state index is -1.26. The number of anilines is 1. The van der Waals surface area contributed by atoms with Crippen molar-refractivity contribution in [2.75, 3.05) is 11.4 Å². The van der Waals surface area contributed by atoms with E-state index < -0.39 is 17.3 Å². The van der Waals surface area contributed by atoms with Crippen molar-refractivity contribution in [1.82, 2.24) is 14.7 Å². The molecule has 8 nitrogen and oxygen atoms in total. The Bertz CT molecular complexity index is 1250. The fourth-order valence-electron chi connectivity index (χ4n) is 5.08. The summed E-state index contributed by atoms with van der Waals surface area (Å²) in [5.41, 5.74) is 1.50. The Morgan fingerprint density at radius 2 is 2.21 bits per heavy atom. The van der Waals surface area contributed by atoms with Crippen LogP contribution in [0.5, 0.6) is 0 Å². The lowest BCUT2D eigenvalue weighted by molar-refractivity contribution is 0.144. The molecular weight excluding hydrogens is 437 g/mol. The number of benzene rings is 1. The summed E-state index contributed by atoms with van der Waals surface area (Å²) < 4.78 is 22.3. The smallest absolute Gasteiger partial charge is 0.414 e. The summed E-state index contributed by atoms with van der Waals surface area (Å²) >= 11 is 0. The Labute approximate surface area is 198 Å². The normalized spacial score (nSPS) is 20.9. The van der Waals surface area contributed by atoms with E-state index in [1.165, 1.54) is 0 Å². The predicted molar refractivity (Wildman–Crippen MR) is 125 cm³/mol. The number of fused-ring (bicyclic) bond motifs is 1. The maximum absolute atomic E-state index is 15.1. The van der Waals surface area contributed by atoms with Gasteiger partial charge < -0.3 is 14.2 Å². The largest absolute Gasteiger partial charge is 0.465 e. The molecule has 0 saturated heterocycles. The van der Waals surface area contributed by atoms with Crippen molar-refractivity contribution in [3.05, 3.63) is 41.6 Å². The summed E-state index contributed by atoms with van der Waals surface area (Å²) in [6.45, 7) is 8.30. The average Bonchev–Trinajstić information content (AvgIpc) is 3.35. The van der Waals surface area contributed by atoms with Crippen molar-refractivity contribution in [3.8, 4) is 6.07 Å². The van der Waals surface area contributed by atoms with Gasteiger partial charge in [0.05, 0.1) is 29.0 Å². The second-order valence-corrected chi connectivity index (χ2v) is 10.8. The van der Waals surface area contributed by atoms with E-state index in [-0.39, 0.29) is 23.5 Å². The second-order valence-electron chi connectivity index (χ2n) is 10.8. The number of carbonyl (C=O) groups is 1. The molecule has 2 aromatic heterocycles. The molecule has 2 heterocycles. The van der Waals surface area contributed by atoms with Gasteiger partial charge >= 0.3 is 6.09 Å². The molecule has 180 valence electrons. The van der Waals surface area contributed by atoms with E-state index in [0.717, 1.165) is 48.2 Å². The number of hydrogen-bond acceptors (Lipinski definition) is 5. The van der Waals surface area contributed by atoms with E-state index in [1.807, 2.05) is 19.1 Å². The van der Waals surface area contributed by atoms with E-state index >= 15 is 4.39 Å². The van der Waals surface area contributed by atoms with Crippen LogP contribution in [0.1, 0.15) is 64.6 Å². The first kappa shape index (κ1) is 23.7. The third kappa shape index (κ3) is 4.63. The number of amides is 1. The summed E-state index contributed by atoms with van der Waals surface area (Å²) in [7, 11) is 0. The van der Waals surface area contributed by atoms with Crippen molar-refractivity contribution in [2.45, 2.75) is 65.3 Å². The molecule has 0 radical (unpaired) electrons. The van der Waals surface area contributed by atoms with E-state index in [4.69, 9.17) is 4.52 Å². The number of aromatic nitrogens is 3. The van der Waals surface area contributed by atoms with Gasteiger partial charge in [-0.15, -0.1) is 0 Å². The van der Waals surface area contributed by atoms with Crippen LogP contribution < -0.4 is 4.90 Å². The van der Waals surface area contributed by atoms with Crippen LogP contribution in [0, 0.1) is 28.5 Å². The van der Waals surface area contributed by atoms with Gasteiger partial charge in [0.15, 0.2) is 0 Å². The number of rotatable bonds is 5. The first-order valence-electron chi connectivity index (χ1n) is 11.5. The fraction of sp³-hybridized carbons (Fsp3) is 0.520. The van der Waals surface area contributed by atoms with E-state index in [0.29, 0.717) is 11.5 Å². The number of halogens is 1. The Hall–Kier alpha value is -3.41. The number of nitriles is 1. The molecule has 0 aliphatic heterocycles. The molecule has 0 spiro atoms. The summed E-state index contributed by atoms with van der Waals surface area (Å²) in [5, 5.41) is 22.9. The lowest BCUT2D eigenvalue weighted by atomic mass is 9.70. The molecule has 1 fully saturated rings. The molecule has 2 unspecified atom stereocenters. The maximum Gasteiger partial charge on any atom is 0.414 e. The molecule has 0 bridgehead atoms. The summed E-state index contributed by atoms with van der Waals surface area (Å²) in [4.78, 5) is 17.5. The first-order valence-corrected chi connectivity index (χ1v) is 11.5. The standard InChI is InChI=1S/C25H30FN5O3/c1-24(2,3)21-20(26)22(34-29-21)31(23(32)33)14-25(4)9-5-6-17(11-25)13-30-15-28-18-8-7-16(12-27)10-19(18)30/h7-8,10,15,17H,5-6,9,11,13-14H2,1-4H3,(H,32,33). The summed E-state index contributed by atoms with van der Waals surface area (Å²) in [5.74, 6) is -0.767. The van der Waals surface area contributed by atoms with Crippen LogP contribution in [0.15, 0.2) is 29.0 Å². The van der Waals surface area contributed by atoms with Crippen LogP contribution in [0.2, 0.25) is 0 Å². The van der Waals surface area contributed by atoms with Gasteiger partial charge in [0, 0.05) is 18.5 Å². The van der Waals surface area contributed by atoms with E-state index in [1.54, 1.807) is 33.2 Å². The monoisotopic (exact) mass is 467 g/mol. The molecule has 1 amide bonds. The zero-order valence-electron chi connectivity index (χ0n) is 20.0. The molecule has 3 aromatic rings. The number of nitrogens with zero attached hydrogens (tertiary/aromatic N) is 5. The van der Waals surface area contributed by atoms with Crippen LogP contribution in [0.4, 0.5) is 15.1 Å². The van der Waals surface area contributed by atoms with Crippen molar-refractivity contribution in [2.24, 2.45) is 11.3 Å². The maximum atomic E-state index is 15.1. The molecule has 9 heteroatoms. The Morgan fingerprint density at radius 3 is 2.85 bits per heavy atom.